The van der Waals surface area contributed by atoms with Crippen LogP contribution in [0.3, 0.4) is 0 Å². The van der Waals surface area contributed by atoms with E-state index < -0.39 is 5.54 Å². The Kier molecular flexibility index (Phi) is 7.17. The number of nitrogens with zero attached hydrogens (tertiary/aromatic N) is 4. The lowest BCUT2D eigenvalue weighted by atomic mass is 9.85. The normalized spacial score (nSPS) is 17.4. The Bertz CT molecular complexity index is 1000. The molecule has 0 aromatic heterocycles. The molecule has 2 aliphatic rings. The summed E-state index contributed by atoms with van der Waals surface area (Å²) in [6.45, 7) is 1.75. The fourth-order valence-corrected chi connectivity index (χ4v) is 4.67. The quantitative estimate of drug-likeness (QED) is 0.626. The molecule has 0 unspecified atom stereocenters. The van der Waals surface area contributed by atoms with Crippen molar-refractivity contribution in [2.24, 2.45) is 0 Å². The molecule has 2 aliphatic heterocycles. The van der Waals surface area contributed by atoms with Gasteiger partial charge in [0.2, 0.25) is 11.8 Å². The van der Waals surface area contributed by atoms with Gasteiger partial charge in [0.05, 0.1) is 13.3 Å². The first-order chi connectivity index (χ1) is 16.4. The van der Waals surface area contributed by atoms with Gasteiger partial charge in [-0.3, -0.25) is 14.4 Å². The Morgan fingerprint density at radius 1 is 0.971 bits per heavy atom. The number of ether oxygens (including phenoxy) is 1. The van der Waals surface area contributed by atoms with Crippen molar-refractivity contribution < 1.29 is 19.1 Å². The van der Waals surface area contributed by atoms with Crippen molar-refractivity contribution in [2.75, 3.05) is 51.9 Å². The number of benzene rings is 2. The number of carbonyl (C=O) groups is 3. The van der Waals surface area contributed by atoms with Crippen LogP contribution in [0.1, 0.15) is 18.4 Å². The summed E-state index contributed by atoms with van der Waals surface area (Å²) in [5.74, 6) is -0.220. The second-order valence-electron chi connectivity index (χ2n) is 9.09. The molecule has 0 aliphatic carbocycles. The molecule has 34 heavy (non-hydrogen) atoms. The minimum atomic E-state index is -0.754. The summed E-state index contributed by atoms with van der Waals surface area (Å²) in [6.07, 6.45) is 1.02. The van der Waals surface area contributed by atoms with Gasteiger partial charge in [-0.05, 0) is 30.5 Å². The van der Waals surface area contributed by atoms with Crippen LogP contribution in [0.25, 0.3) is 0 Å². The lowest BCUT2D eigenvalue weighted by molar-refractivity contribution is -0.143. The molecule has 1 spiro atoms. The van der Waals surface area contributed by atoms with E-state index in [9.17, 15) is 14.4 Å². The van der Waals surface area contributed by atoms with Crippen LogP contribution in [-0.2, 0) is 25.7 Å². The third kappa shape index (κ3) is 4.92. The van der Waals surface area contributed by atoms with E-state index in [1.54, 1.807) is 23.9 Å². The number of anilines is 1. The zero-order valence-corrected chi connectivity index (χ0v) is 19.9. The van der Waals surface area contributed by atoms with E-state index in [0.29, 0.717) is 39.2 Å². The average molecular weight is 465 g/mol. The van der Waals surface area contributed by atoms with Crippen LogP contribution in [0, 0.1) is 0 Å². The molecule has 8 heteroatoms. The molecule has 0 N–H and O–H groups in total. The molecule has 0 atom stereocenters. The first kappa shape index (κ1) is 23.8. The topological polar surface area (TPSA) is 73.4 Å². The summed E-state index contributed by atoms with van der Waals surface area (Å²) in [7, 11) is 3.38. The molecule has 2 heterocycles. The molecule has 2 fully saturated rings. The van der Waals surface area contributed by atoms with Gasteiger partial charge in [-0.15, -0.1) is 0 Å². The molecule has 2 aromatic carbocycles. The maximum atomic E-state index is 13.6. The van der Waals surface area contributed by atoms with E-state index in [1.807, 2.05) is 60.7 Å². The van der Waals surface area contributed by atoms with Gasteiger partial charge in [-0.25, -0.2) is 0 Å². The monoisotopic (exact) mass is 464 g/mol. The zero-order chi connectivity index (χ0) is 24.1. The maximum absolute atomic E-state index is 13.6. The highest BCUT2D eigenvalue weighted by Crippen LogP contribution is 2.39. The highest BCUT2D eigenvalue weighted by Gasteiger charge is 2.54. The lowest BCUT2D eigenvalue weighted by Crippen LogP contribution is -2.57. The van der Waals surface area contributed by atoms with Crippen LogP contribution < -0.4 is 4.90 Å². The predicted molar refractivity (Wildman–Crippen MR) is 129 cm³/mol. The van der Waals surface area contributed by atoms with E-state index >= 15 is 0 Å². The molecule has 8 nitrogen and oxygen atoms in total. The molecule has 0 bridgehead atoms. The number of hydrogen-bond acceptors (Lipinski definition) is 5. The van der Waals surface area contributed by atoms with Crippen LogP contribution in [-0.4, -0.2) is 85.0 Å². The van der Waals surface area contributed by atoms with Gasteiger partial charge in [0.1, 0.15) is 18.7 Å². The second-order valence-corrected chi connectivity index (χ2v) is 9.09. The molecule has 3 amide bonds. The highest BCUT2D eigenvalue weighted by molar-refractivity contribution is 5.96. The fraction of sp³-hybridized carbons (Fsp3) is 0.423. The SMILES string of the molecule is CN(C)C(=O)CN1CN(c2ccccc2)C2(CCN(C(=O)COCc3ccccc3)CC2)C1=O. The van der Waals surface area contributed by atoms with Crippen LogP contribution in [0.15, 0.2) is 60.7 Å². The van der Waals surface area contributed by atoms with Crippen molar-refractivity contribution in [3.05, 3.63) is 66.2 Å². The van der Waals surface area contributed by atoms with Gasteiger partial charge in [0.25, 0.3) is 5.91 Å². The van der Waals surface area contributed by atoms with Crippen LogP contribution >= 0.6 is 0 Å². The second kappa shape index (κ2) is 10.3. The van der Waals surface area contributed by atoms with Gasteiger partial charge in [-0.2, -0.15) is 0 Å². The lowest BCUT2D eigenvalue weighted by Gasteiger charge is -2.43. The van der Waals surface area contributed by atoms with Crippen molar-refractivity contribution in [3.8, 4) is 0 Å². The highest BCUT2D eigenvalue weighted by atomic mass is 16.5. The Morgan fingerprint density at radius 2 is 1.59 bits per heavy atom. The zero-order valence-electron chi connectivity index (χ0n) is 19.9. The molecule has 180 valence electrons. The molecule has 0 saturated carbocycles. The summed E-state index contributed by atoms with van der Waals surface area (Å²) < 4.78 is 5.63. The number of likely N-dealkylation sites (tertiary alicyclic amines) is 1. The van der Waals surface area contributed by atoms with Crippen LogP contribution in [0.2, 0.25) is 0 Å². The van der Waals surface area contributed by atoms with Crippen LogP contribution in [0.5, 0.6) is 0 Å². The summed E-state index contributed by atoms with van der Waals surface area (Å²) in [5.41, 5.74) is 1.22. The number of carbonyl (C=O) groups excluding carboxylic acids is 3. The summed E-state index contributed by atoms with van der Waals surface area (Å²) in [5, 5.41) is 0. The van der Waals surface area contributed by atoms with Gasteiger partial charge in [-0.1, -0.05) is 48.5 Å². The summed E-state index contributed by atoms with van der Waals surface area (Å²) >= 11 is 0. The van der Waals surface area contributed by atoms with Crippen molar-refractivity contribution in [1.29, 1.82) is 0 Å². The number of hydrogen-bond donors (Lipinski definition) is 0. The summed E-state index contributed by atoms with van der Waals surface area (Å²) in [6, 6.07) is 19.6. The van der Waals surface area contributed by atoms with Crippen LogP contribution in [0.4, 0.5) is 5.69 Å². The van der Waals surface area contributed by atoms with Crippen molar-refractivity contribution in [3.63, 3.8) is 0 Å². The first-order valence-electron chi connectivity index (χ1n) is 11.6. The molecular weight excluding hydrogens is 432 g/mol. The molecule has 4 rings (SSSR count). The van der Waals surface area contributed by atoms with E-state index in [1.165, 1.54) is 4.90 Å². The van der Waals surface area contributed by atoms with E-state index in [0.717, 1.165) is 11.3 Å². The first-order valence-corrected chi connectivity index (χ1v) is 11.6. The third-order valence-corrected chi connectivity index (χ3v) is 6.69. The number of para-hydroxylation sites is 1. The van der Waals surface area contributed by atoms with Crippen molar-refractivity contribution >= 4 is 23.4 Å². The Morgan fingerprint density at radius 3 is 2.21 bits per heavy atom. The number of piperidine rings is 1. The maximum Gasteiger partial charge on any atom is 0.250 e. The molecule has 2 aromatic rings. The van der Waals surface area contributed by atoms with Crippen molar-refractivity contribution in [1.82, 2.24) is 14.7 Å². The predicted octanol–water partition coefficient (Wildman–Crippen LogP) is 1.96. The summed E-state index contributed by atoms with van der Waals surface area (Å²) in [4.78, 5) is 45.7. The molecule has 0 radical (unpaired) electrons. The average Bonchev–Trinajstić information content (AvgIpc) is 3.11. The van der Waals surface area contributed by atoms with E-state index in [4.69, 9.17) is 4.74 Å². The minimum absolute atomic E-state index is 0.0156. The third-order valence-electron chi connectivity index (χ3n) is 6.69. The minimum Gasteiger partial charge on any atom is -0.367 e. The number of amides is 3. The molecular formula is C26H32N4O4. The van der Waals surface area contributed by atoms with Gasteiger partial charge in [0, 0.05) is 32.9 Å². The Balaban J connectivity index is 1.42. The Labute approximate surface area is 200 Å². The van der Waals surface area contributed by atoms with Gasteiger partial charge >= 0.3 is 0 Å². The molecule has 2 saturated heterocycles. The van der Waals surface area contributed by atoms with Crippen molar-refractivity contribution in [2.45, 2.75) is 25.0 Å². The standard InChI is InChI=1S/C26H32N4O4/c1-27(2)23(31)17-29-20-30(22-11-7-4-8-12-22)26(25(29)33)13-15-28(16-14-26)24(32)19-34-18-21-9-5-3-6-10-21/h3-12H,13-20H2,1-2H3. The number of likely N-dealkylation sites (N-methyl/N-ethyl adjacent to an activating group) is 1. The van der Waals surface area contributed by atoms with Gasteiger partial charge < -0.3 is 24.3 Å². The number of rotatable bonds is 7. The Hall–Kier alpha value is -3.39. The van der Waals surface area contributed by atoms with E-state index in [2.05, 4.69) is 4.90 Å². The fourth-order valence-electron chi connectivity index (χ4n) is 4.67. The largest absolute Gasteiger partial charge is 0.367 e. The van der Waals surface area contributed by atoms with E-state index in [-0.39, 0.29) is 30.9 Å². The van der Waals surface area contributed by atoms with Gasteiger partial charge in [0.15, 0.2) is 0 Å². The smallest absolute Gasteiger partial charge is 0.250 e.